The molecule has 0 unspecified atom stereocenters. The zero-order chi connectivity index (χ0) is 15.7. The average Bonchev–Trinajstić information content (AvgIpc) is 2.75. The van der Waals surface area contributed by atoms with Gasteiger partial charge in [0.05, 0.1) is 6.42 Å². The first-order valence-corrected chi connectivity index (χ1v) is 7.16. The summed E-state index contributed by atoms with van der Waals surface area (Å²) in [6, 6.07) is 12.0. The number of fused-ring (bicyclic) bond motifs is 1. The third kappa shape index (κ3) is 2.86. The molecule has 0 saturated heterocycles. The second-order valence-electron chi connectivity index (χ2n) is 5.51. The molecule has 3 nitrogen and oxygen atoms in total. The van der Waals surface area contributed by atoms with Crippen LogP contribution in [-0.4, -0.2) is 10.9 Å². The van der Waals surface area contributed by atoms with Gasteiger partial charge in [-0.3, -0.25) is 4.79 Å². The first-order valence-electron chi connectivity index (χ1n) is 7.16. The molecule has 0 aliphatic carbocycles. The smallest absolute Gasteiger partial charge is 0.228 e. The summed E-state index contributed by atoms with van der Waals surface area (Å²) in [5, 5.41) is 3.80. The second-order valence-corrected chi connectivity index (χ2v) is 5.51. The van der Waals surface area contributed by atoms with Crippen molar-refractivity contribution in [2.45, 2.75) is 20.3 Å². The Morgan fingerprint density at radius 2 is 2.00 bits per heavy atom. The predicted octanol–water partition coefficient (Wildman–Crippen LogP) is 4.11. The van der Waals surface area contributed by atoms with Crippen molar-refractivity contribution in [2.24, 2.45) is 0 Å². The molecule has 2 aromatic carbocycles. The maximum Gasteiger partial charge on any atom is 0.228 e. The van der Waals surface area contributed by atoms with Crippen molar-refractivity contribution in [2.75, 3.05) is 5.32 Å². The van der Waals surface area contributed by atoms with Crippen LogP contribution in [0.4, 0.5) is 10.1 Å². The zero-order valence-electron chi connectivity index (χ0n) is 12.5. The zero-order valence-corrected chi connectivity index (χ0v) is 12.5. The van der Waals surface area contributed by atoms with E-state index >= 15 is 0 Å². The van der Waals surface area contributed by atoms with Crippen molar-refractivity contribution in [1.82, 2.24) is 4.98 Å². The number of carbonyl (C=O) groups excluding carboxylic acids is 1. The number of rotatable bonds is 3. The van der Waals surface area contributed by atoms with E-state index in [-0.39, 0.29) is 18.1 Å². The molecule has 0 aliphatic rings. The first kappa shape index (κ1) is 14.3. The van der Waals surface area contributed by atoms with Gasteiger partial charge in [-0.1, -0.05) is 17.7 Å². The van der Waals surface area contributed by atoms with E-state index in [1.54, 1.807) is 12.1 Å². The minimum Gasteiger partial charge on any atom is -0.358 e. The number of hydrogen-bond donors (Lipinski definition) is 2. The van der Waals surface area contributed by atoms with Crippen molar-refractivity contribution in [3.8, 4) is 0 Å². The van der Waals surface area contributed by atoms with Crippen LogP contribution in [-0.2, 0) is 11.2 Å². The highest BCUT2D eigenvalue weighted by molar-refractivity contribution is 5.96. The summed E-state index contributed by atoms with van der Waals surface area (Å²) in [5.41, 5.74) is 4.61. The van der Waals surface area contributed by atoms with E-state index in [0.29, 0.717) is 5.69 Å². The molecule has 2 N–H and O–H groups in total. The Kier molecular flexibility index (Phi) is 3.67. The lowest BCUT2D eigenvalue weighted by atomic mass is 10.1. The van der Waals surface area contributed by atoms with Gasteiger partial charge in [-0.15, -0.1) is 0 Å². The lowest BCUT2D eigenvalue weighted by Crippen LogP contribution is -2.14. The van der Waals surface area contributed by atoms with Crippen LogP contribution < -0.4 is 5.32 Å². The molecule has 0 atom stereocenters. The third-order valence-corrected chi connectivity index (χ3v) is 3.72. The quantitative estimate of drug-likeness (QED) is 0.750. The van der Waals surface area contributed by atoms with E-state index in [0.717, 1.165) is 27.7 Å². The fraction of sp³-hybridized carbons (Fsp3) is 0.167. The largest absolute Gasteiger partial charge is 0.358 e. The normalized spacial score (nSPS) is 10.9. The maximum atomic E-state index is 13.2. The SMILES string of the molecule is Cc1ccc2[nH]c(C)c(CC(=O)Nc3cccc(F)c3)c2c1. The van der Waals surface area contributed by atoms with E-state index < -0.39 is 0 Å². The van der Waals surface area contributed by atoms with Gasteiger partial charge >= 0.3 is 0 Å². The van der Waals surface area contributed by atoms with Crippen molar-refractivity contribution in [3.63, 3.8) is 0 Å². The Morgan fingerprint density at radius 3 is 2.77 bits per heavy atom. The molecular weight excluding hydrogens is 279 g/mol. The molecule has 0 bridgehead atoms. The van der Waals surface area contributed by atoms with E-state index in [9.17, 15) is 9.18 Å². The summed E-state index contributed by atoms with van der Waals surface area (Å²) in [5.74, 6) is -0.521. The van der Waals surface area contributed by atoms with Crippen LogP contribution in [0.3, 0.4) is 0 Å². The van der Waals surface area contributed by atoms with Crippen molar-refractivity contribution >= 4 is 22.5 Å². The molecule has 1 amide bonds. The Balaban J connectivity index is 1.85. The van der Waals surface area contributed by atoms with Gasteiger partial charge in [0.15, 0.2) is 0 Å². The molecule has 22 heavy (non-hydrogen) atoms. The van der Waals surface area contributed by atoms with E-state index in [1.807, 2.05) is 26.0 Å². The number of H-pyrrole nitrogens is 1. The van der Waals surface area contributed by atoms with Gasteiger partial charge in [-0.05, 0) is 49.7 Å². The minimum atomic E-state index is -0.364. The molecule has 1 heterocycles. The van der Waals surface area contributed by atoms with Gasteiger partial charge in [-0.25, -0.2) is 4.39 Å². The number of halogens is 1. The maximum absolute atomic E-state index is 13.2. The molecule has 0 fully saturated rings. The van der Waals surface area contributed by atoms with Crippen LogP contribution in [0.2, 0.25) is 0 Å². The Morgan fingerprint density at radius 1 is 1.18 bits per heavy atom. The first-order chi connectivity index (χ1) is 10.5. The summed E-state index contributed by atoms with van der Waals surface area (Å²) in [6.07, 6.45) is 0.256. The number of aromatic amines is 1. The van der Waals surface area contributed by atoms with Crippen LogP contribution in [0.25, 0.3) is 10.9 Å². The lowest BCUT2D eigenvalue weighted by Gasteiger charge is -2.06. The lowest BCUT2D eigenvalue weighted by molar-refractivity contribution is -0.115. The third-order valence-electron chi connectivity index (χ3n) is 3.72. The fourth-order valence-electron chi connectivity index (χ4n) is 2.66. The molecule has 0 radical (unpaired) electrons. The summed E-state index contributed by atoms with van der Waals surface area (Å²) in [4.78, 5) is 15.5. The van der Waals surface area contributed by atoms with Crippen LogP contribution >= 0.6 is 0 Å². The van der Waals surface area contributed by atoms with E-state index in [1.165, 1.54) is 12.1 Å². The number of aromatic nitrogens is 1. The molecule has 1 aromatic heterocycles. The van der Waals surface area contributed by atoms with Crippen molar-refractivity contribution in [3.05, 3.63) is 65.1 Å². The highest BCUT2D eigenvalue weighted by Crippen LogP contribution is 2.24. The standard InChI is InChI=1S/C18H17FN2O/c1-11-6-7-17-16(8-11)15(12(2)20-17)10-18(22)21-14-5-3-4-13(19)9-14/h3-9,20H,10H2,1-2H3,(H,21,22). The Bertz CT molecular complexity index is 851. The van der Waals surface area contributed by atoms with Crippen LogP contribution in [0.1, 0.15) is 16.8 Å². The van der Waals surface area contributed by atoms with Gasteiger partial charge in [-0.2, -0.15) is 0 Å². The molecule has 0 spiro atoms. The molecule has 0 aliphatic heterocycles. The molecule has 3 aromatic rings. The fourth-order valence-corrected chi connectivity index (χ4v) is 2.66. The van der Waals surface area contributed by atoms with Crippen molar-refractivity contribution in [1.29, 1.82) is 0 Å². The number of carbonyl (C=O) groups is 1. The van der Waals surface area contributed by atoms with Crippen LogP contribution in [0, 0.1) is 19.7 Å². The molecule has 112 valence electrons. The highest BCUT2D eigenvalue weighted by atomic mass is 19.1. The summed E-state index contributed by atoms with van der Waals surface area (Å²) in [6.45, 7) is 3.98. The Hall–Kier alpha value is -2.62. The number of amides is 1. The monoisotopic (exact) mass is 296 g/mol. The van der Waals surface area contributed by atoms with Gasteiger partial charge in [0.2, 0.25) is 5.91 Å². The van der Waals surface area contributed by atoms with Gasteiger partial charge in [0.25, 0.3) is 0 Å². The molecule has 3 rings (SSSR count). The van der Waals surface area contributed by atoms with Gasteiger partial charge in [0.1, 0.15) is 5.82 Å². The number of nitrogens with one attached hydrogen (secondary N) is 2. The van der Waals surface area contributed by atoms with E-state index in [4.69, 9.17) is 0 Å². The topological polar surface area (TPSA) is 44.9 Å². The number of benzene rings is 2. The van der Waals surface area contributed by atoms with Gasteiger partial charge < -0.3 is 10.3 Å². The minimum absolute atomic E-state index is 0.156. The number of hydrogen-bond acceptors (Lipinski definition) is 1. The summed E-state index contributed by atoms with van der Waals surface area (Å²) < 4.78 is 13.2. The van der Waals surface area contributed by atoms with Crippen LogP contribution in [0.5, 0.6) is 0 Å². The summed E-state index contributed by atoms with van der Waals surface area (Å²) >= 11 is 0. The summed E-state index contributed by atoms with van der Waals surface area (Å²) in [7, 11) is 0. The second kappa shape index (κ2) is 5.64. The molecule has 0 saturated carbocycles. The van der Waals surface area contributed by atoms with E-state index in [2.05, 4.69) is 16.4 Å². The predicted molar refractivity (Wildman–Crippen MR) is 86.5 cm³/mol. The number of aryl methyl sites for hydroxylation is 2. The molecular formula is C18H17FN2O. The number of anilines is 1. The Labute approximate surface area is 128 Å². The average molecular weight is 296 g/mol. The highest BCUT2D eigenvalue weighted by Gasteiger charge is 2.13. The van der Waals surface area contributed by atoms with Crippen LogP contribution in [0.15, 0.2) is 42.5 Å². The van der Waals surface area contributed by atoms with Crippen molar-refractivity contribution < 1.29 is 9.18 Å². The van der Waals surface area contributed by atoms with Gasteiger partial charge in [0, 0.05) is 22.3 Å². The molecule has 4 heteroatoms.